The van der Waals surface area contributed by atoms with Crippen LogP contribution in [0, 0.1) is 17.2 Å². The zero-order valence-corrected chi connectivity index (χ0v) is 13.2. The van der Waals surface area contributed by atoms with Crippen molar-refractivity contribution in [1.29, 1.82) is 5.26 Å². The van der Waals surface area contributed by atoms with Gasteiger partial charge in [-0.3, -0.25) is 4.79 Å². The lowest BCUT2D eigenvalue weighted by molar-refractivity contribution is -0.124. The molecule has 4 heteroatoms. The highest BCUT2D eigenvalue weighted by Gasteiger charge is 2.26. The Morgan fingerprint density at radius 3 is 2.86 bits per heavy atom. The van der Waals surface area contributed by atoms with Gasteiger partial charge in [-0.2, -0.15) is 17.0 Å². The molecule has 0 saturated heterocycles. The van der Waals surface area contributed by atoms with E-state index in [1.165, 1.54) is 6.42 Å². The number of rotatable bonds is 5. The van der Waals surface area contributed by atoms with Crippen molar-refractivity contribution < 1.29 is 4.79 Å². The summed E-state index contributed by atoms with van der Waals surface area (Å²) >= 11 is 1.88. The minimum Gasteiger partial charge on any atom is -0.352 e. The summed E-state index contributed by atoms with van der Waals surface area (Å²) in [7, 11) is 0. The van der Waals surface area contributed by atoms with Crippen molar-refractivity contribution >= 4 is 17.7 Å². The number of carbonyl (C=O) groups excluding carboxylic acids is 1. The topological polar surface area (TPSA) is 52.9 Å². The average Bonchev–Trinajstić information content (AvgIpc) is 2.53. The Morgan fingerprint density at radius 1 is 1.43 bits per heavy atom. The predicted octanol–water partition coefficient (Wildman–Crippen LogP) is 3.16. The van der Waals surface area contributed by atoms with Crippen LogP contribution in [0.5, 0.6) is 0 Å². The third-order valence-corrected chi connectivity index (χ3v) is 5.16. The lowest BCUT2D eigenvalue weighted by Crippen LogP contribution is -2.42. The molecule has 1 aliphatic carbocycles. The second-order valence-corrected chi connectivity index (χ2v) is 6.74. The number of nitrogens with one attached hydrogen (secondary N) is 1. The van der Waals surface area contributed by atoms with E-state index in [0.717, 1.165) is 24.8 Å². The summed E-state index contributed by atoms with van der Waals surface area (Å²) in [4.78, 5) is 12.3. The van der Waals surface area contributed by atoms with Crippen molar-refractivity contribution in [3.05, 3.63) is 35.9 Å². The molecule has 1 N–H and O–H groups in total. The van der Waals surface area contributed by atoms with Crippen LogP contribution in [0.15, 0.2) is 30.3 Å². The number of nitrogens with zero attached hydrogens (tertiary/aromatic N) is 1. The minimum absolute atomic E-state index is 0.117. The molecule has 0 radical (unpaired) electrons. The molecule has 1 fully saturated rings. The maximum Gasteiger partial charge on any atom is 0.237 e. The van der Waals surface area contributed by atoms with Crippen LogP contribution in [-0.4, -0.2) is 23.5 Å². The Hall–Kier alpha value is -1.47. The molecule has 1 saturated carbocycles. The van der Waals surface area contributed by atoms with E-state index in [0.29, 0.717) is 11.7 Å². The highest BCUT2D eigenvalue weighted by Crippen LogP contribution is 2.27. The number of nitriles is 1. The van der Waals surface area contributed by atoms with Crippen molar-refractivity contribution in [1.82, 2.24) is 5.32 Å². The zero-order valence-electron chi connectivity index (χ0n) is 12.4. The summed E-state index contributed by atoms with van der Waals surface area (Å²) in [6.45, 7) is 0. The van der Waals surface area contributed by atoms with Crippen LogP contribution < -0.4 is 5.32 Å². The molecule has 0 aliphatic heterocycles. The molecule has 1 amide bonds. The standard InChI is InChI=1S/C17H22N2OS/c1-21-16-9-5-8-15(11-16)19-17(20)14(12-18)10-13-6-3-2-4-7-13/h2-4,6-7,14-16H,5,8-11H2,1H3,(H,19,20). The number of hydrogen-bond donors (Lipinski definition) is 1. The average molecular weight is 302 g/mol. The van der Waals surface area contributed by atoms with E-state index < -0.39 is 5.92 Å². The van der Waals surface area contributed by atoms with Gasteiger partial charge in [0, 0.05) is 11.3 Å². The molecule has 0 spiro atoms. The van der Waals surface area contributed by atoms with E-state index in [2.05, 4.69) is 17.6 Å². The highest BCUT2D eigenvalue weighted by atomic mass is 32.2. The van der Waals surface area contributed by atoms with E-state index in [1.807, 2.05) is 42.1 Å². The predicted molar refractivity (Wildman–Crippen MR) is 87.0 cm³/mol. The maximum atomic E-state index is 12.3. The number of benzene rings is 1. The van der Waals surface area contributed by atoms with Gasteiger partial charge in [0.1, 0.15) is 5.92 Å². The smallest absolute Gasteiger partial charge is 0.237 e. The van der Waals surface area contributed by atoms with Crippen LogP contribution in [0.4, 0.5) is 0 Å². The van der Waals surface area contributed by atoms with E-state index >= 15 is 0 Å². The highest BCUT2D eigenvalue weighted by molar-refractivity contribution is 7.99. The van der Waals surface area contributed by atoms with Crippen LogP contribution in [0.1, 0.15) is 31.2 Å². The van der Waals surface area contributed by atoms with Crippen molar-refractivity contribution in [2.45, 2.75) is 43.4 Å². The largest absolute Gasteiger partial charge is 0.352 e. The molecule has 0 bridgehead atoms. The second-order valence-electron chi connectivity index (χ2n) is 5.60. The van der Waals surface area contributed by atoms with E-state index in [-0.39, 0.29) is 11.9 Å². The fourth-order valence-corrected chi connectivity index (χ4v) is 3.67. The Kier molecular flexibility index (Phi) is 6.13. The molecule has 112 valence electrons. The molecule has 0 aromatic heterocycles. The minimum atomic E-state index is -0.595. The molecule has 21 heavy (non-hydrogen) atoms. The summed E-state index contributed by atoms with van der Waals surface area (Å²) in [6.07, 6.45) is 7.07. The molecule has 1 aromatic carbocycles. The van der Waals surface area contributed by atoms with Gasteiger partial charge in [0.05, 0.1) is 6.07 Å². The lowest BCUT2D eigenvalue weighted by atomic mass is 9.93. The van der Waals surface area contributed by atoms with E-state index in [1.54, 1.807) is 0 Å². The fourth-order valence-electron chi connectivity index (χ4n) is 2.84. The Bertz CT molecular complexity index is 497. The molecule has 1 aliphatic rings. The number of amides is 1. The summed E-state index contributed by atoms with van der Waals surface area (Å²) in [5.41, 5.74) is 1.03. The SMILES string of the molecule is CSC1CCCC(NC(=O)C(C#N)Cc2ccccc2)C1. The third-order valence-electron chi connectivity index (χ3n) is 4.06. The van der Waals surface area contributed by atoms with Crippen molar-refractivity contribution in [3.8, 4) is 6.07 Å². The monoisotopic (exact) mass is 302 g/mol. The first-order valence-electron chi connectivity index (χ1n) is 7.49. The fraction of sp³-hybridized carbons (Fsp3) is 0.529. The summed E-state index contributed by atoms with van der Waals surface area (Å²) < 4.78 is 0. The zero-order chi connectivity index (χ0) is 15.1. The number of thioether (sulfide) groups is 1. The van der Waals surface area contributed by atoms with Gasteiger partial charge >= 0.3 is 0 Å². The van der Waals surface area contributed by atoms with E-state index in [4.69, 9.17) is 0 Å². The van der Waals surface area contributed by atoms with Crippen molar-refractivity contribution in [2.24, 2.45) is 5.92 Å². The van der Waals surface area contributed by atoms with Crippen LogP contribution >= 0.6 is 11.8 Å². The van der Waals surface area contributed by atoms with Crippen LogP contribution in [0.2, 0.25) is 0 Å². The molecule has 3 unspecified atom stereocenters. The van der Waals surface area contributed by atoms with Crippen molar-refractivity contribution in [3.63, 3.8) is 0 Å². The van der Waals surface area contributed by atoms with Gasteiger partial charge in [-0.25, -0.2) is 0 Å². The van der Waals surface area contributed by atoms with Gasteiger partial charge in [-0.15, -0.1) is 0 Å². The number of hydrogen-bond acceptors (Lipinski definition) is 3. The molecule has 0 heterocycles. The first-order valence-corrected chi connectivity index (χ1v) is 8.78. The molecule has 1 aromatic rings. The van der Waals surface area contributed by atoms with Gasteiger partial charge in [0.15, 0.2) is 0 Å². The first-order chi connectivity index (χ1) is 10.2. The molecule has 2 rings (SSSR count). The summed E-state index contributed by atoms with van der Waals surface area (Å²) in [5.74, 6) is -0.713. The Balaban J connectivity index is 1.90. The first kappa shape index (κ1) is 15.9. The molecular weight excluding hydrogens is 280 g/mol. The van der Waals surface area contributed by atoms with Gasteiger partial charge < -0.3 is 5.32 Å². The summed E-state index contributed by atoms with van der Waals surface area (Å²) in [5, 5.41) is 13.0. The van der Waals surface area contributed by atoms with Gasteiger partial charge in [-0.1, -0.05) is 36.8 Å². The lowest BCUT2D eigenvalue weighted by Gasteiger charge is -2.29. The van der Waals surface area contributed by atoms with Crippen LogP contribution in [0.25, 0.3) is 0 Å². The van der Waals surface area contributed by atoms with Gasteiger partial charge in [0.25, 0.3) is 0 Å². The normalized spacial score (nSPS) is 23.0. The molecule has 3 atom stereocenters. The third kappa shape index (κ3) is 4.78. The van der Waals surface area contributed by atoms with Crippen LogP contribution in [0.3, 0.4) is 0 Å². The maximum absolute atomic E-state index is 12.3. The molecule has 3 nitrogen and oxygen atoms in total. The number of carbonyl (C=O) groups is 1. The molecular formula is C17H22N2OS. The quantitative estimate of drug-likeness (QED) is 0.909. The van der Waals surface area contributed by atoms with Gasteiger partial charge in [-0.05, 0) is 37.5 Å². The second kappa shape index (κ2) is 8.09. The Labute approximate surface area is 131 Å². The van der Waals surface area contributed by atoms with Gasteiger partial charge in [0.2, 0.25) is 5.91 Å². The van der Waals surface area contributed by atoms with Crippen molar-refractivity contribution in [2.75, 3.05) is 6.26 Å². The van der Waals surface area contributed by atoms with Crippen LogP contribution in [-0.2, 0) is 11.2 Å². The Morgan fingerprint density at radius 2 is 2.19 bits per heavy atom. The summed E-state index contributed by atoms with van der Waals surface area (Å²) in [6, 6.07) is 12.1. The van der Waals surface area contributed by atoms with E-state index in [9.17, 15) is 10.1 Å².